The number of β-lactam (4-membered cyclic amide) rings is 1. The number of carbonyl (C=O) groups is 3. The standard InChI is InChI=1S/C17H20N2O4S/c1-9(10-7-5-4-6-8-10)13(20)18-11-14(21)19-12(16(22)23)17(2,3)24-15(11)19/h4-9,11-12,15H,1-3H3,(H,18,20)(H,22,23). The van der Waals surface area contributed by atoms with Crippen molar-refractivity contribution in [2.24, 2.45) is 0 Å². The zero-order valence-corrected chi connectivity index (χ0v) is 14.5. The Labute approximate surface area is 144 Å². The molecule has 0 saturated carbocycles. The van der Waals surface area contributed by atoms with Crippen molar-refractivity contribution in [3.05, 3.63) is 35.9 Å². The van der Waals surface area contributed by atoms with Gasteiger partial charge in [-0.2, -0.15) is 0 Å². The van der Waals surface area contributed by atoms with E-state index in [9.17, 15) is 19.5 Å². The number of thioether (sulfide) groups is 1. The number of nitrogens with zero attached hydrogens (tertiary/aromatic N) is 1. The van der Waals surface area contributed by atoms with E-state index in [1.165, 1.54) is 16.7 Å². The smallest absolute Gasteiger partial charge is 0.327 e. The number of carboxylic acids is 1. The highest BCUT2D eigenvalue weighted by molar-refractivity contribution is 8.01. The van der Waals surface area contributed by atoms with Gasteiger partial charge in [0.2, 0.25) is 11.8 Å². The first-order valence-corrected chi connectivity index (χ1v) is 8.70. The maximum atomic E-state index is 12.5. The first kappa shape index (κ1) is 16.8. The fourth-order valence-electron chi connectivity index (χ4n) is 3.32. The van der Waals surface area contributed by atoms with E-state index in [4.69, 9.17) is 0 Å². The molecule has 2 amide bonds. The SMILES string of the molecule is CC(C(=O)NC1C(=O)N2C1SC(C)(C)C2C(=O)O)c1ccccc1. The van der Waals surface area contributed by atoms with Crippen LogP contribution in [0.15, 0.2) is 30.3 Å². The zero-order valence-electron chi connectivity index (χ0n) is 13.7. The summed E-state index contributed by atoms with van der Waals surface area (Å²) >= 11 is 1.42. The molecule has 2 heterocycles. The van der Waals surface area contributed by atoms with Gasteiger partial charge in [0.05, 0.1) is 5.92 Å². The molecule has 7 heteroatoms. The molecule has 1 aromatic carbocycles. The third kappa shape index (κ3) is 2.56. The van der Waals surface area contributed by atoms with Gasteiger partial charge >= 0.3 is 5.97 Å². The lowest BCUT2D eigenvalue weighted by Crippen LogP contribution is -2.70. The van der Waals surface area contributed by atoms with Crippen LogP contribution in [0.3, 0.4) is 0 Å². The van der Waals surface area contributed by atoms with Crippen molar-refractivity contribution in [2.45, 2.75) is 48.9 Å². The van der Waals surface area contributed by atoms with Gasteiger partial charge in [0.25, 0.3) is 0 Å². The highest BCUT2D eigenvalue weighted by atomic mass is 32.2. The Morgan fingerprint density at radius 2 is 1.92 bits per heavy atom. The molecular formula is C17H20N2O4S. The van der Waals surface area contributed by atoms with E-state index in [1.54, 1.807) is 6.92 Å². The third-order valence-electron chi connectivity index (χ3n) is 4.67. The van der Waals surface area contributed by atoms with Gasteiger partial charge < -0.3 is 15.3 Å². The topological polar surface area (TPSA) is 86.7 Å². The van der Waals surface area contributed by atoms with Crippen molar-refractivity contribution in [3.8, 4) is 0 Å². The van der Waals surface area contributed by atoms with Crippen LogP contribution in [0.4, 0.5) is 0 Å². The Hall–Kier alpha value is -2.02. The average molecular weight is 348 g/mol. The van der Waals surface area contributed by atoms with E-state index in [0.717, 1.165) is 5.56 Å². The molecule has 4 unspecified atom stereocenters. The summed E-state index contributed by atoms with van der Waals surface area (Å²) in [5.74, 6) is -1.93. The molecular weight excluding hydrogens is 328 g/mol. The van der Waals surface area contributed by atoms with Gasteiger partial charge in [-0.25, -0.2) is 4.79 Å². The van der Waals surface area contributed by atoms with Gasteiger partial charge in [-0.15, -0.1) is 11.8 Å². The van der Waals surface area contributed by atoms with Crippen molar-refractivity contribution >= 4 is 29.5 Å². The van der Waals surface area contributed by atoms with Crippen molar-refractivity contribution in [1.29, 1.82) is 0 Å². The molecule has 128 valence electrons. The fourth-order valence-corrected chi connectivity index (χ4v) is 4.94. The number of rotatable bonds is 4. The van der Waals surface area contributed by atoms with Crippen LogP contribution in [0, 0.1) is 0 Å². The lowest BCUT2D eigenvalue weighted by Gasteiger charge is -2.43. The van der Waals surface area contributed by atoms with Crippen LogP contribution in [-0.2, 0) is 14.4 Å². The van der Waals surface area contributed by atoms with Crippen LogP contribution in [-0.4, -0.2) is 50.0 Å². The normalized spacial score (nSPS) is 28.7. The predicted molar refractivity (Wildman–Crippen MR) is 90.5 cm³/mol. The molecule has 2 aliphatic rings. The Balaban J connectivity index is 1.71. The van der Waals surface area contributed by atoms with Gasteiger partial charge in [-0.3, -0.25) is 9.59 Å². The Bertz CT molecular complexity index is 691. The summed E-state index contributed by atoms with van der Waals surface area (Å²) in [7, 11) is 0. The number of nitrogens with one attached hydrogen (secondary N) is 1. The van der Waals surface area contributed by atoms with Gasteiger partial charge in [-0.05, 0) is 26.3 Å². The summed E-state index contributed by atoms with van der Waals surface area (Å²) in [6, 6.07) is 7.83. The second-order valence-electron chi connectivity index (χ2n) is 6.72. The maximum absolute atomic E-state index is 12.5. The Kier molecular flexibility index (Phi) is 4.07. The van der Waals surface area contributed by atoms with Crippen LogP contribution in [0.2, 0.25) is 0 Å². The van der Waals surface area contributed by atoms with E-state index >= 15 is 0 Å². The molecule has 0 aliphatic carbocycles. The van der Waals surface area contributed by atoms with E-state index in [0.29, 0.717) is 0 Å². The van der Waals surface area contributed by atoms with Crippen molar-refractivity contribution in [3.63, 3.8) is 0 Å². The number of fused-ring (bicyclic) bond motifs is 1. The summed E-state index contributed by atoms with van der Waals surface area (Å²) in [6.07, 6.45) is 0. The minimum absolute atomic E-state index is 0.226. The summed E-state index contributed by atoms with van der Waals surface area (Å²) in [6.45, 7) is 5.42. The molecule has 2 fully saturated rings. The molecule has 2 aliphatic heterocycles. The third-order valence-corrected chi connectivity index (χ3v) is 6.24. The van der Waals surface area contributed by atoms with Crippen molar-refractivity contribution in [2.75, 3.05) is 0 Å². The largest absolute Gasteiger partial charge is 0.480 e. The molecule has 2 saturated heterocycles. The molecule has 0 aromatic heterocycles. The molecule has 24 heavy (non-hydrogen) atoms. The number of hydrogen-bond acceptors (Lipinski definition) is 4. The van der Waals surface area contributed by atoms with Crippen molar-refractivity contribution < 1.29 is 19.5 Å². The monoisotopic (exact) mass is 348 g/mol. The van der Waals surface area contributed by atoms with Gasteiger partial charge in [0.15, 0.2) is 0 Å². The van der Waals surface area contributed by atoms with E-state index in [-0.39, 0.29) is 23.1 Å². The molecule has 6 nitrogen and oxygen atoms in total. The quantitative estimate of drug-likeness (QED) is 0.804. The second-order valence-corrected chi connectivity index (χ2v) is 8.49. The molecule has 0 radical (unpaired) electrons. The van der Waals surface area contributed by atoms with E-state index in [1.807, 2.05) is 44.2 Å². The maximum Gasteiger partial charge on any atom is 0.327 e. The first-order valence-electron chi connectivity index (χ1n) is 7.82. The molecule has 0 spiro atoms. The summed E-state index contributed by atoms with van der Waals surface area (Å²) in [5.41, 5.74) is 0.876. The number of carbonyl (C=O) groups excluding carboxylic acids is 2. The summed E-state index contributed by atoms with van der Waals surface area (Å²) in [4.78, 5) is 37.7. The number of hydrogen-bond donors (Lipinski definition) is 2. The molecule has 3 rings (SSSR count). The Morgan fingerprint density at radius 3 is 2.50 bits per heavy atom. The van der Waals surface area contributed by atoms with Crippen LogP contribution in [0.5, 0.6) is 0 Å². The van der Waals surface area contributed by atoms with Crippen LogP contribution >= 0.6 is 11.8 Å². The average Bonchev–Trinajstić information content (AvgIpc) is 2.80. The Morgan fingerprint density at radius 1 is 1.29 bits per heavy atom. The lowest BCUT2D eigenvalue weighted by molar-refractivity contribution is -0.161. The molecule has 4 atom stereocenters. The zero-order chi connectivity index (χ0) is 17.6. The number of amides is 2. The minimum Gasteiger partial charge on any atom is -0.480 e. The van der Waals surface area contributed by atoms with Crippen molar-refractivity contribution in [1.82, 2.24) is 10.2 Å². The molecule has 1 aromatic rings. The first-order chi connectivity index (χ1) is 11.2. The number of carboxylic acid groups (broad SMARTS) is 1. The summed E-state index contributed by atoms with van der Waals surface area (Å²) in [5, 5.41) is 11.9. The summed E-state index contributed by atoms with van der Waals surface area (Å²) < 4.78 is -0.587. The highest BCUT2D eigenvalue weighted by Gasteiger charge is 2.64. The lowest BCUT2D eigenvalue weighted by atomic mass is 9.95. The highest BCUT2D eigenvalue weighted by Crippen LogP contribution is 2.50. The van der Waals surface area contributed by atoms with Gasteiger partial charge in [0, 0.05) is 4.75 Å². The molecule has 2 N–H and O–H groups in total. The van der Waals surface area contributed by atoms with Crippen LogP contribution in [0.1, 0.15) is 32.3 Å². The van der Waals surface area contributed by atoms with E-state index in [2.05, 4.69) is 5.32 Å². The van der Waals surface area contributed by atoms with E-state index < -0.39 is 22.8 Å². The minimum atomic E-state index is -1.01. The van der Waals surface area contributed by atoms with Gasteiger partial charge in [0.1, 0.15) is 17.5 Å². The van der Waals surface area contributed by atoms with Crippen LogP contribution < -0.4 is 5.32 Å². The molecule has 0 bridgehead atoms. The fraction of sp³-hybridized carbons (Fsp3) is 0.471. The number of aliphatic carboxylic acids is 1. The van der Waals surface area contributed by atoms with Gasteiger partial charge in [-0.1, -0.05) is 30.3 Å². The second kappa shape index (κ2) is 5.81. The number of benzene rings is 1. The van der Waals surface area contributed by atoms with Crippen LogP contribution in [0.25, 0.3) is 0 Å². The predicted octanol–water partition coefficient (Wildman–Crippen LogP) is 1.42.